The van der Waals surface area contributed by atoms with E-state index in [0.717, 1.165) is 4.75 Å². The van der Waals surface area contributed by atoms with Crippen LogP contribution in [0.3, 0.4) is 0 Å². The van der Waals surface area contributed by atoms with E-state index < -0.39 is 0 Å². The summed E-state index contributed by atoms with van der Waals surface area (Å²) in [5.74, 6) is 23.5. The van der Waals surface area contributed by atoms with Crippen molar-refractivity contribution in [1.29, 1.82) is 0 Å². The molecule has 0 nitrogen and oxygen atoms in total. The molecule has 1 aromatic rings. The SMILES string of the molecule is c1ccc(SC23C4[C@@H]5[C@@H]6C7C8C9[C@@H]%10[C@@H]7[C@@H]5C2[C@H]%10[C@H]2C3[C@H]3[C@@H](C8[C@@H]6[C@@H]43)[C@H]92)cc1. The summed E-state index contributed by atoms with van der Waals surface area (Å²) in [6, 6.07) is 11.8. The fourth-order valence-corrected chi connectivity index (χ4v) is 18.3. The molecular weight excluding hydrogens is 344 g/mol. The van der Waals surface area contributed by atoms with Crippen molar-refractivity contribution in [3.63, 3.8) is 0 Å². The van der Waals surface area contributed by atoms with Crippen molar-refractivity contribution in [3.05, 3.63) is 30.3 Å². The van der Waals surface area contributed by atoms with Crippen LogP contribution in [-0.2, 0) is 0 Å². The summed E-state index contributed by atoms with van der Waals surface area (Å²) >= 11 is 2.48. The highest BCUT2D eigenvalue weighted by Gasteiger charge is 3.02. The van der Waals surface area contributed by atoms with Crippen molar-refractivity contribution in [2.45, 2.75) is 9.64 Å². The van der Waals surface area contributed by atoms with E-state index in [2.05, 4.69) is 42.1 Å². The first kappa shape index (κ1) is 12.3. The van der Waals surface area contributed by atoms with Gasteiger partial charge in [0, 0.05) is 9.64 Å². The van der Waals surface area contributed by atoms with Crippen LogP contribution in [0, 0.1) is 112 Å². The van der Waals surface area contributed by atoms with Crippen LogP contribution in [0.4, 0.5) is 0 Å². The average molecular weight is 369 g/mol. The largest absolute Gasteiger partial charge is 0.118 e. The Morgan fingerprint density at radius 3 is 1.15 bits per heavy atom. The number of thioether (sulfide) groups is 1. The van der Waals surface area contributed by atoms with E-state index in [9.17, 15) is 0 Å². The minimum absolute atomic E-state index is 0.722. The lowest BCUT2D eigenvalue weighted by Gasteiger charge is -2.39. The minimum Gasteiger partial charge on any atom is -0.118 e. The predicted molar refractivity (Wildman–Crippen MR) is 101 cm³/mol. The zero-order valence-electron chi connectivity index (χ0n) is 15.3. The monoisotopic (exact) mass is 368 g/mol. The summed E-state index contributed by atoms with van der Waals surface area (Å²) in [6.45, 7) is 0. The Balaban J connectivity index is 1.24. The minimum atomic E-state index is 0.722. The van der Waals surface area contributed by atoms with E-state index in [0.29, 0.717) is 0 Å². The second kappa shape index (κ2) is 3.01. The van der Waals surface area contributed by atoms with Crippen LogP contribution in [-0.4, -0.2) is 4.75 Å². The van der Waals surface area contributed by atoms with E-state index >= 15 is 0 Å². The lowest BCUT2D eigenvalue weighted by Crippen LogP contribution is -2.39. The molecule has 27 heavy (non-hydrogen) atoms. The molecule has 12 fully saturated rings. The molecule has 0 spiro atoms. The predicted octanol–water partition coefficient (Wildman–Crippen LogP) is 4.37. The normalized spacial score (nSPS) is 85.7. The molecule has 12 aliphatic rings. The third kappa shape index (κ3) is 0.740. The zero-order chi connectivity index (χ0) is 16.3. The van der Waals surface area contributed by atoms with E-state index in [-0.39, 0.29) is 0 Å². The van der Waals surface area contributed by atoms with Gasteiger partial charge in [-0.1, -0.05) is 18.2 Å². The molecule has 12 saturated carbocycles. The molecule has 1 aromatic carbocycles. The van der Waals surface area contributed by atoms with Crippen molar-refractivity contribution >= 4 is 11.8 Å². The fraction of sp³-hybridized carbons (Fsp3) is 0.769. The van der Waals surface area contributed by atoms with Crippen LogP contribution < -0.4 is 0 Å². The molecule has 0 heterocycles. The number of rotatable bonds is 2. The summed E-state index contributed by atoms with van der Waals surface area (Å²) in [5, 5.41) is 0. The number of hydrogen-bond acceptors (Lipinski definition) is 1. The van der Waals surface area contributed by atoms with Crippen molar-refractivity contribution in [2.24, 2.45) is 112 Å². The van der Waals surface area contributed by atoms with Crippen LogP contribution in [0.2, 0.25) is 0 Å². The van der Waals surface area contributed by atoms with Gasteiger partial charge in [0.1, 0.15) is 0 Å². The smallest absolute Gasteiger partial charge is 0.0308 e. The van der Waals surface area contributed by atoms with Gasteiger partial charge in [0.05, 0.1) is 0 Å². The van der Waals surface area contributed by atoms with E-state index in [4.69, 9.17) is 0 Å². The molecule has 0 saturated heterocycles. The van der Waals surface area contributed by atoms with Gasteiger partial charge in [-0.2, -0.15) is 0 Å². The maximum atomic E-state index is 2.48. The summed E-state index contributed by atoms with van der Waals surface area (Å²) in [6.07, 6.45) is 0. The van der Waals surface area contributed by atoms with Gasteiger partial charge in [-0.15, -0.1) is 11.8 Å². The molecule has 13 rings (SSSR count). The highest BCUT2D eigenvalue weighted by Crippen LogP contribution is 3.04. The molecule has 0 N–H and O–H groups in total. The van der Waals surface area contributed by atoms with Gasteiger partial charge >= 0.3 is 0 Å². The topological polar surface area (TPSA) is 0 Å². The van der Waals surface area contributed by atoms with Crippen LogP contribution in [0.1, 0.15) is 0 Å². The molecule has 0 bridgehead atoms. The van der Waals surface area contributed by atoms with Gasteiger partial charge in [0.15, 0.2) is 0 Å². The Hall–Kier alpha value is -0.430. The van der Waals surface area contributed by atoms with Gasteiger partial charge in [0.2, 0.25) is 0 Å². The maximum Gasteiger partial charge on any atom is 0.0308 e. The molecule has 0 amide bonds. The third-order valence-electron chi connectivity index (χ3n) is 14.4. The van der Waals surface area contributed by atoms with Gasteiger partial charge < -0.3 is 0 Å². The van der Waals surface area contributed by atoms with Gasteiger partial charge in [-0.25, -0.2) is 0 Å². The summed E-state index contributed by atoms with van der Waals surface area (Å²) < 4.78 is 0.722. The quantitative estimate of drug-likeness (QED) is 0.747. The molecule has 0 aliphatic heterocycles. The van der Waals surface area contributed by atoms with E-state index in [1.807, 2.05) is 0 Å². The van der Waals surface area contributed by atoms with Crippen LogP contribution in [0.5, 0.6) is 0 Å². The van der Waals surface area contributed by atoms with Gasteiger partial charge in [-0.3, -0.25) is 0 Å². The first-order chi connectivity index (χ1) is 13.4. The van der Waals surface area contributed by atoms with E-state index in [1.165, 1.54) is 112 Å². The first-order valence-electron chi connectivity index (χ1n) is 12.2. The first-order valence-corrected chi connectivity index (χ1v) is 13.0. The summed E-state index contributed by atoms with van der Waals surface area (Å²) in [7, 11) is 0. The second-order valence-corrected chi connectivity index (χ2v) is 14.5. The molecule has 134 valence electrons. The molecule has 1 heteroatoms. The molecule has 8 unspecified atom stereocenters. The van der Waals surface area contributed by atoms with E-state index in [1.54, 1.807) is 4.90 Å². The molecule has 20 atom stereocenters. The molecular formula is C26H24S. The Morgan fingerprint density at radius 1 is 0.444 bits per heavy atom. The second-order valence-electron chi connectivity index (χ2n) is 13.1. The Kier molecular flexibility index (Phi) is 1.37. The van der Waals surface area contributed by atoms with Crippen molar-refractivity contribution in [2.75, 3.05) is 0 Å². The van der Waals surface area contributed by atoms with Crippen molar-refractivity contribution in [3.8, 4) is 0 Å². The Labute approximate surface area is 164 Å². The lowest BCUT2D eigenvalue weighted by atomic mass is 9.77. The van der Waals surface area contributed by atoms with Crippen molar-refractivity contribution in [1.82, 2.24) is 0 Å². The summed E-state index contributed by atoms with van der Waals surface area (Å²) in [4.78, 5) is 1.63. The van der Waals surface area contributed by atoms with Crippen LogP contribution >= 0.6 is 11.8 Å². The van der Waals surface area contributed by atoms with Crippen LogP contribution in [0.15, 0.2) is 35.2 Å². The standard InChI is InChI=1S/C26H24S/c1-2-4-6(5-3-1)27-26-23-17-11-8-7-9-13(11)19(23)21-15(9)16-10(7)14-12(8)18(17)24(26)20(14)22(16)25(21)26/h1-5,7-25H/t7?,8?,9?,10?,11-,12-,13-,14+,15+,16+,17-,18+,19-,20+,21+,22-,23?,24?,25?,26?/m0/s1. The zero-order valence-corrected chi connectivity index (χ0v) is 16.1. The highest BCUT2D eigenvalue weighted by atomic mass is 32.2. The third-order valence-corrected chi connectivity index (χ3v) is 16.1. The van der Waals surface area contributed by atoms with Crippen LogP contribution in [0.25, 0.3) is 0 Å². The Morgan fingerprint density at radius 2 is 0.778 bits per heavy atom. The highest BCUT2D eigenvalue weighted by molar-refractivity contribution is 8.00. The van der Waals surface area contributed by atoms with Gasteiger partial charge in [-0.05, 0) is 125 Å². The van der Waals surface area contributed by atoms with Crippen molar-refractivity contribution < 1.29 is 0 Å². The molecule has 0 radical (unpaired) electrons. The molecule has 12 aliphatic carbocycles. The number of hydrogen-bond donors (Lipinski definition) is 0. The lowest BCUT2D eigenvalue weighted by molar-refractivity contribution is 0.198. The average Bonchev–Trinajstić information content (AvgIpc) is 3.40. The maximum absolute atomic E-state index is 2.48. The number of benzene rings is 1. The molecule has 0 aromatic heterocycles. The summed E-state index contributed by atoms with van der Waals surface area (Å²) in [5.41, 5.74) is 0. The Bertz CT molecular complexity index is 884. The van der Waals surface area contributed by atoms with Gasteiger partial charge in [0.25, 0.3) is 0 Å². The fourth-order valence-electron chi connectivity index (χ4n) is 16.2.